The smallest absolute Gasteiger partial charge is 0.129 e. The lowest BCUT2D eigenvalue weighted by atomic mass is 10.2. The second-order valence-electron chi connectivity index (χ2n) is 3.62. The van der Waals surface area contributed by atoms with Crippen LogP contribution in [0.3, 0.4) is 0 Å². The summed E-state index contributed by atoms with van der Waals surface area (Å²) in [6, 6.07) is 3.01. The molecule has 0 heterocycles. The fraction of sp³-hybridized carbons (Fsp3) is 0.455. The first kappa shape index (κ1) is 11.9. The minimum absolute atomic E-state index is 0.139. The molecule has 15 heavy (non-hydrogen) atoms. The Bertz CT molecular complexity index is 306. The third-order valence-corrected chi connectivity index (χ3v) is 1.85. The van der Waals surface area contributed by atoms with E-state index in [9.17, 15) is 8.78 Å². The van der Waals surface area contributed by atoms with Gasteiger partial charge in [-0.15, -0.1) is 0 Å². The van der Waals surface area contributed by atoms with Gasteiger partial charge in [0.2, 0.25) is 0 Å². The molecule has 4 heteroatoms. The minimum atomic E-state index is -0.672. The van der Waals surface area contributed by atoms with Crippen molar-refractivity contribution in [3.05, 3.63) is 29.8 Å². The van der Waals surface area contributed by atoms with Crippen LogP contribution >= 0.6 is 0 Å². The summed E-state index contributed by atoms with van der Waals surface area (Å²) in [5, 5.41) is 9.08. The molecule has 84 valence electrons. The normalized spacial score (nSPS) is 14.7. The van der Waals surface area contributed by atoms with E-state index in [1.807, 2.05) is 0 Å². The van der Waals surface area contributed by atoms with Crippen LogP contribution in [0, 0.1) is 11.6 Å². The van der Waals surface area contributed by atoms with Gasteiger partial charge in [-0.05, 0) is 13.8 Å². The van der Waals surface area contributed by atoms with E-state index in [0.29, 0.717) is 6.42 Å². The van der Waals surface area contributed by atoms with Gasteiger partial charge in [0.1, 0.15) is 17.4 Å². The molecule has 0 aromatic heterocycles. The average molecular weight is 216 g/mol. The molecule has 2 atom stereocenters. The fourth-order valence-corrected chi connectivity index (χ4v) is 1.36. The summed E-state index contributed by atoms with van der Waals surface area (Å²) in [6.45, 7) is 3.36. The third-order valence-electron chi connectivity index (χ3n) is 1.85. The van der Waals surface area contributed by atoms with Crippen molar-refractivity contribution in [1.82, 2.24) is 0 Å². The Labute approximate surface area is 87.5 Å². The van der Waals surface area contributed by atoms with Crippen molar-refractivity contribution in [3.63, 3.8) is 0 Å². The van der Waals surface area contributed by atoms with E-state index in [1.165, 1.54) is 0 Å². The zero-order chi connectivity index (χ0) is 11.4. The summed E-state index contributed by atoms with van der Waals surface area (Å²) in [5.41, 5.74) is 0. The van der Waals surface area contributed by atoms with E-state index in [1.54, 1.807) is 13.8 Å². The molecular formula is C11H14F2O2. The molecule has 0 amide bonds. The molecule has 0 saturated heterocycles. The number of halogens is 2. The summed E-state index contributed by atoms with van der Waals surface area (Å²) in [7, 11) is 0. The second kappa shape index (κ2) is 5.07. The highest BCUT2D eigenvalue weighted by molar-refractivity contribution is 5.23. The van der Waals surface area contributed by atoms with Crippen LogP contribution in [-0.2, 0) is 0 Å². The Morgan fingerprint density at radius 3 is 2.20 bits per heavy atom. The zero-order valence-corrected chi connectivity index (χ0v) is 8.71. The second-order valence-corrected chi connectivity index (χ2v) is 3.62. The van der Waals surface area contributed by atoms with Crippen molar-refractivity contribution in [2.45, 2.75) is 32.5 Å². The maximum absolute atomic E-state index is 12.8. The Morgan fingerprint density at radius 2 is 1.73 bits per heavy atom. The van der Waals surface area contributed by atoms with E-state index in [2.05, 4.69) is 0 Å². The van der Waals surface area contributed by atoms with Crippen molar-refractivity contribution in [2.75, 3.05) is 0 Å². The molecule has 2 nitrogen and oxygen atoms in total. The summed E-state index contributed by atoms with van der Waals surface area (Å²) < 4.78 is 30.8. The lowest BCUT2D eigenvalue weighted by Crippen LogP contribution is -2.18. The largest absolute Gasteiger partial charge is 0.490 e. The van der Waals surface area contributed by atoms with Crippen LogP contribution < -0.4 is 4.74 Å². The van der Waals surface area contributed by atoms with Crippen molar-refractivity contribution in [1.29, 1.82) is 0 Å². The van der Waals surface area contributed by atoms with Gasteiger partial charge in [-0.25, -0.2) is 8.78 Å². The molecule has 0 radical (unpaired) electrons. The minimum Gasteiger partial charge on any atom is -0.490 e. The first-order chi connectivity index (χ1) is 6.97. The number of ether oxygens (including phenoxy) is 1. The first-order valence-corrected chi connectivity index (χ1v) is 4.78. The maximum atomic E-state index is 12.8. The summed E-state index contributed by atoms with van der Waals surface area (Å²) in [6.07, 6.45) is -0.373. The average Bonchev–Trinajstić information content (AvgIpc) is 1.98. The lowest BCUT2D eigenvalue weighted by molar-refractivity contribution is 0.115. The standard InChI is InChI=1S/C11H14F2O2/c1-7(14)3-8(2)15-11-5-9(12)4-10(13)6-11/h4-8,14H,3H2,1-2H3. The van der Waals surface area contributed by atoms with Crippen LogP contribution in [0.1, 0.15) is 20.3 Å². The quantitative estimate of drug-likeness (QED) is 0.837. The van der Waals surface area contributed by atoms with Crippen LogP contribution in [0.5, 0.6) is 5.75 Å². The van der Waals surface area contributed by atoms with E-state index in [-0.39, 0.29) is 11.9 Å². The van der Waals surface area contributed by atoms with Gasteiger partial charge in [0.05, 0.1) is 12.2 Å². The molecule has 0 bridgehead atoms. The Morgan fingerprint density at radius 1 is 1.20 bits per heavy atom. The fourth-order valence-electron chi connectivity index (χ4n) is 1.36. The summed E-state index contributed by atoms with van der Waals surface area (Å²) >= 11 is 0. The Kier molecular flexibility index (Phi) is 4.03. The number of hydrogen-bond acceptors (Lipinski definition) is 2. The van der Waals surface area contributed by atoms with Crippen LogP contribution in [0.25, 0.3) is 0 Å². The highest BCUT2D eigenvalue weighted by Crippen LogP contribution is 2.17. The number of benzene rings is 1. The number of rotatable bonds is 4. The predicted molar refractivity (Wildman–Crippen MR) is 52.7 cm³/mol. The van der Waals surface area contributed by atoms with Crippen LogP contribution in [-0.4, -0.2) is 17.3 Å². The highest BCUT2D eigenvalue weighted by atomic mass is 19.1. The van der Waals surface area contributed by atoms with E-state index < -0.39 is 17.7 Å². The molecular weight excluding hydrogens is 202 g/mol. The van der Waals surface area contributed by atoms with Gasteiger partial charge in [-0.2, -0.15) is 0 Å². The molecule has 0 spiro atoms. The van der Waals surface area contributed by atoms with Gasteiger partial charge in [0.15, 0.2) is 0 Å². The molecule has 1 aromatic rings. The van der Waals surface area contributed by atoms with Gasteiger partial charge >= 0.3 is 0 Å². The van der Waals surface area contributed by atoms with Crippen LogP contribution in [0.15, 0.2) is 18.2 Å². The van der Waals surface area contributed by atoms with Crippen molar-refractivity contribution < 1.29 is 18.6 Å². The number of aliphatic hydroxyl groups excluding tert-OH is 1. The van der Waals surface area contributed by atoms with Gasteiger partial charge in [0, 0.05) is 24.6 Å². The van der Waals surface area contributed by atoms with Crippen LogP contribution in [0.4, 0.5) is 8.78 Å². The maximum Gasteiger partial charge on any atom is 0.129 e. The van der Waals surface area contributed by atoms with E-state index >= 15 is 0 Å². The molecule has 0 aliphatic rings. The van der Waals surface area contributed by atoms with E-state index in [0.717, 1.165) is 18.2 Å². The molecule has 0 saturated carbocycles. The molecule has 0 fully saturated rings. The van der Waals surface area contributed by atoms with Gasteiger partial charge < -0.3 is 9.84 Å². The monoisotopic (exact) mass is 216 g/mol. The molecule has 0 aliphatic carbocycles. The molecule has 1 aromatic carbocycles. The summed E-state index contributed by atoms with van der Waals surface area (Å²) in [4.78, 5) is 0. The first-order valence-electron chi connectivity index (χ1n) is 4.78. The van der Waals surface area contributed by atoms with Gasteiger partial charge in [-0.1, -0.05) is 0 Å². The van der Waals surface area contributed by atoms with Crippen molar-refractivity contribution in [3.8, 4) is 5.75 Å². The topological polar surface area (TPSA) is 29.5 Å². The molecule has 1 rings (SSSR count). The van der Waals surface area contributed by atoms with Crippen molar-refractivity contribution in [2.24, 2.45) is 0 Å². The predicted octanol–water partition coefficient (Wildman–Crippen LogP) is 2.50. The number of aliphatic hydroxyl groups is 1. The van der Waals surface area contributed by atoms with Crippen molar-refractivity contribution >= 4 is 0 Å². The van der Waals surface area contributed by atoms with Gasteiger partial charge in [0.25, 0.3) is 0 Å². The zero-order valence-electron chi connectivity index (χ0n) is 8.71. The Hall–Kier alpha value is -1.16. The van der Waals surface area contributed by atoms with Crippen LogP contribution in [0.2, 0.25) is 0 Å². The third kappa shape index (κ3) is 4.25. The SMILES string of the molecule is CC(O)CC(C)Oc1cc(F)cc(F)c1. The van der Waals surface area contributed by atoms with E-state index in [4.69, 9.17) is 9.84 Å². The summed E-state index contributed by atoms with van der Waals surface area (Å²) in [5.74, 6) is -1.20. The molecule has 1 N–H and O–H groups in total. The molecule has 2 unspecified atom stereocenters. The van der Waals surface area contributed by atoms with Gasteiger partial charge in [-0.3, -0.25) is 0 Å². The number of hydrogen-bond donors (Lipinski definition) is 1. The lowest BCUT2D eigenvalue weighted by Gasteiger charge is -2.16. The molecule has 0 aliphatic heterocycles. The Balaban J connectivity index is 2.63. The highest BCUT2D eigenvalue weighted by Gasteiger charge is 2.09.